The van der Waals surface area contributed by atoms with Gasteiger partial charge >= 0.3 is 0 Å². The van der Waals surface area contributed by atoms with Crippen LogP contribution in [0.15, 0.2) is 24.3 Å². The third kappa shape index (κ3) is 40.3. The van der Waals surface area contributed by atoms with E-state index in [2.05, 4.69) is 31.3 Å². The van der Waals surface area contributed by atoms with Crippen molar-refractivity contribution in [2.24, 2.45) is 0 Å². The fraction of sp³-hybridized carbons (Fsp3) is 0.896. The van der Waals surface area contributed by atoms with Crippen LogP contribution in [0, 0.1) is 0 Å². The predicted molar refractivity (Wildman–Crippen MR) is 231 cm³/mol. The molecule has 3 unspecified atom stereocenters. The Bertz CT molecular complexity index is 784. The van der Waals surface area contributed by atoms with Crippen molar-refractivity contribution >= 4 is 5.91 Å². The Morgan fingerprint density at radius 1 is 0.472 bits per heavy atom. The minimum absolute atomic E-state index is 0.0126. The molecule has 0 aromatic heterocycles. The number of hydrogen-bond donors (Lipinski definition) is 4. The van der Waals surface area contributed by atoms with E-state index in [1.165, 1.54) is 199 Å². The van der Waals surface area contributed by atoms with Gasteiger partial charge < -0.3 is 20.6 Å². The number of carbonyl (C=O) groups is 1. The highest BCUT2D eigenvalue weighted by Crippen LogP contribution is 2.16. The van der Waals surface area contributed by atoms with Crippen molar-refractivity contribution in [2.45, 2.75) is 270 Å². The van der Waals surface area contributed by atoms with Crippen LogP contribution in [0.25, 0.3) is 0 Å². The number of allylic oxidation sites excluding steroid dienone is 3. The van der Waals surface area contributed by atoms with Gasteiger partial charge in [0.05, 0.1) is 31.3 Å². The number of aliphatic hydroxyl groups excluding tert-OH is 3. The normalized spacial score (nSPS) is 13.7. The highest BCUT2D eigenvalue weighted by Gasteiger charge is 2.20. The molecule has 0 aliphatic heterocycles. The monoisotopic (exact) mass is 748 g/mol. The van der Waals surface area contributed by atoms with E-state index in [4.69, 9.17) is 0 Å². The maximum absolute atomic E-state index is 12.4. The summed E-state index contributed by atoms with van der Waals surface area (Å²) in [5.74, 6) is -0.316. The summed E-state index contributed by atoms with van der Waals surface area (Å²) in [6.07, 6.45) is 53.3. The maximum atomic E-state index is 12.4. The van der Waals surface area contributed by atoms with Crippen molar-refractivity contribution < 1.29 is 20.1 Å². The molecular formula is C48H93NO4. The zero-order valence-corrected chi connectivity index (χ0v) is 35.7. The van der Waals surface area contributed by atoms with Crippen LogP contribution in [0.3, 0.4) is 0 Å². The van der Waals surface area contributed by atoms with Gasteiger partial charge in [0.15, 0.2) is 0 Å². The molecule has 5 heteroatoms. The first-order valence-corrected chi connectivity index (χ1v) is 23.6. The molecule has 314 valence electrons. The molecule has 0 saturated heterocycles. The first kappa shape index (κ1) is 51.8. The Labute approximate surface area is 331 Å². The van der Waals surface area contributed by atoms with Crippen LogP contribution in [0.1, 0.15) is 251 Å². The first-order chi connectivity index (χ1) is 26.0. The molecule has 5 nitrogen and oxygen atoms in total. The Hall–Kier alpha value is -1.17. The van der Waals surface area contributed by atoms with Crippen LogP contribution in [0.2, 0.25) is 0 Å². The van der Waals surface area contributed by atoms with E-state index < -0.39 is 18.2 Å². The van der Waals surface area contributed by atoms with Crippen LogP contribution in [0.4, 0.5) is 0 Å². The molecule has 0 aliphatic carbocycles. The second kappa shape index (κ2) is 43.6. The van der Waals surface area contributed by atoms with Crippen LogP contribution in [0.5, 0.6) is 0 Å². The van der Waals surface area contributed by atoms with E-state index in [-0.39, 0.29) is 18.9 Å². The fourth-order valence-corrected chi connectivity index (χ4v) is 7.34. The second-order valence-corrected chi connectivity index (χ2v) is 16.4. The summed E-state index contributed by atoms with van der Waals surface area (Å²) in [6.45, 7) is 4.23. The molecule has 1 amide bonds. The lowest BCUT2D eigenvalue weighted by molar-refractivity contribution is -0.124. The Morgan fingerprint density at radius 3 is 1.15 bits per heavy atom. The van der Waals surface area contributed by atoms with E-state index in [1.807, 2.05) is 6.08 Å². The van der Waals surface area contributed by atoms with E-state index in [0.29, 0.717) is 6.42 Å². The van der Waals surface area contributed by atoms with Crippen LogP contribution in [-0.4, -0.2) is 46.1 Å². The molecule has 0 saturated carbocycles. The average Bonchev–Trinajstić information content (AvgIpc) is 3.15. The number of rotatable bonds is 43. The average molecular weight is 748 g/mol. The second-order valence-electron chi connectivity index (χ2n) is 16.4. The Morgan fingerprint density at radius 2 is 0.792 bits per heavy atom. The lowest BCUT2D eigenvalue weighted by atomic mass is 10.0. The lowest BCUT2D eigenvalue weighted by Crippen LogP contribution is -2.45. The standard InChI is InChI=1S/C48H93NO4/c1-3-5-7-9-11-13-15-17-19-20-21-22-23-24-25-26-28-29-31-33-35-37-39-41-45(51)43-48(53)49-46(44-50)47(52)42-40-38-36-34-32-30-27-18-16-14-12-10-8-6-4-2/h24-25,40,42,45-47,50-52H,3-23,26-39,41,43-44H2,1-2H3,(H,49,53)/b25-24-,42-40+. The number of nitrogens with one attached hydrogen (secondary N) is 1. The summed E-state index contributed by atoms with van der Waals surface area (Å²) in [6, 6.07) is -0.743. The van der Waals surface area contributed by atoms with Gasteiger partial charge in [-0.3, -0.25) is 4.79 Å². The quantitative estimate of drug-likeness (QED) is 0.0369. The van der Waals surface area contributed by atoms with Gasteiger partial charge in [0.25, 0.3) is 0 Å². The van der Waals surface area contributed by atoms with Gasteiger partial charge in [-0.2, -0.15) is 0 Å². The van der Waals surface area contributed by atoms with Crippen molar-refractivity contribution in [2.75, 3.05) is 6.61 Å². The van der Waals surface area contributed by atoms with E-state index >= 15 is 0 Å². The van der Waals surface area contributed by atoms with Crippen molar-refractivity contribution in [1.82, 2.24) is 5.32 Å². The zero-order chi connectivity index (χ0) is 38.7. The highest BCUT2D eigenvalue weighted by atomic mass is 16.3. The number of aliphatic hydroxyl groups is 3. The van der Waals surface area contributed by atoms with Crippen LogP contribution >= 0.6 is 0 Å². The molecule has 4 N–H and O–H groups in total. The minimum atomic E-state index is -0.928. The smallest absolute Gasteiger partial charge is 0.222 e. The van der Waals surface area contributed by atoms with Gasteiger partial charge in [-0.1, -0.05) is 224 Å². The van der Waals surface area contributed by atoms with E-state index in [9.17, 15) is 20.1 Å². The Kier molecular flexibility index (Phi) is 42.6. The van der Waals surface area contributed by atoms with Gasteiger partial charge in [-0.25, -0.2) is 0 Å². The van der Waals surface area contributed by atoms with Gasteiger partial charge in [0, 0.05) is 0 Å². The van der Waals surface area contributed by atoms with Gasteiger partial charge in [0.1, 0.15) is 0 Å². The summed E-state index contributed by atoms with van der Waals surface area (Å²) in [5.41, 5.74) is 0. The molecule has 0 spiro atoms. The van der Waals surface area contributed by atoms with Crippen LogP contribution < -0.4 is 5.32 Å². The first-order valence-electron chi connectivity index (χ1n) is 23.6. The summed E-state index contributed by atoms with van der Waals surface area (Å²) in [5, 5.41) is 33.3. The topological polar surface area (TPSA) is 89.8 Å². The summed E-state index contributed by atoms with van der Waals surface area (Å²) < 4.78 is 0. The lowest BCUT2D eigenvalue weighted by Gasteiger charge is -2.21. The van der Waals surface area contributed by atoms with Crippen LogP contribution in [-0.2, 0) is 4.79 Å². The Balaban J connectivity index is 3.62. The number of amides is 1. The van der Waals surface area contributed by atoms with E-state index in [0.717, 1.165) is 25.7 Å². The largest absolute Gasteiger partial charge is 0.394 e. The summed E-state index contributed by atoms with van der Waals surface area (Å²) in [4.78, 5) is 12.4. The van der Waals surface area contributed by atoms with Crippen molar-refractivity contribution in [3.8, 4) is 0 Å². The molecule has 0 fully saturated rings. The third-order valence-electron chi connectivity index (χ3n) is 11.0. The van der Waals surface area contributed by atoms with Gasteiger partial charge in [-0.15, -0.1) is 0 Å². The molecular weight excluding hydrogens is 655 g/mol. The minimum Gasteiger partial charge on any atom is -0.394 e. The molecule has 3 atom stereocenters. The number of carbonyl (C=O) groups excluding carboxylic acids is 1. The molecule has 0 aliphatic rings. The molecule has 0 rings (SSSR count). The van der Waals surface area contributed by atoms with Gasteiger partial charge in [-0.05, 0) is 44.9 Å². The van der Waals surface area contributed by atoms with E-state index in [1.54, 1.807) is 6.08 Å². The molecule has 0 radical (unpaired) electrons. The fourth-order valence-electron chi connectivity index (χ4n) is 7.34. The van der Waals surface area contributed by atoms with Crippen molar-refractivity contribution in [3.63, 3.8) is 0 Å². The zero-order valence-electron chi connectivity index (χ0n) is 35.7. The molecule has 0 bridgehead atoms. The molecule has 0 heterocycles. The molecule has 53 heavy (non-hydrogen) atoms. The highest BCUT2D eigenvalue weighted by molar-refractivity contribution is 5.76. The molecule has 0 aromatic carbocycles. The summed E-state index contributed by atoms with van der Waals surface area (Å²) >= 11 is 0. The third-order valence-corrected chi connectivity index (χ3v) is 11.0. The summed E-state index contributed by atoms with van der Waals surface area (Å²) in [7, 11) is 0. The predicted octanol–water partition coefficient (Wildman–Crippen LogP) is 13.8. The van der Waals surface area contributed by atoms with Gasteiger partial charge in [0.2, 0.25) is 5.91 Å². The number of hydrogen-bond acceptors (Lipinski definition) is 4. The molecule has 0 aromatic rings. The SMILES string of the molecule is CCCCCCCCCCCCCC/C=C\CCCCCCCCCC(O)CC(=O)NC(CO)C(O)/C=C/CCCCCCCCCCCCCCC. The van der Waals surface area contributed by atoms with Crippen molar-refractivity contribution in [1.29, 1.82) is 0 Å². The van der Waals surface area contributed by atoms with Crippen molar-refractivity contribution in [3.05, 3.63) is 24.3 Å². The maximum Gasteiger partial charge on any atom is 0.222 e. The number of unbranched alkanes of at least 4 members (excludes halogenated alkanes) is 32.